The molecular weight excluding hydrogens is 338 g/mol. The van der Waals surface area contributed by atoms with Crippen LogP contribution in [0, 0.1) is 0 Å². The van der Waals surface area contributed by atoms with Gasteiger partial charge in [-0.05, 0) is 30.7 Å². The lowest BCUT2D eigenvalue weighted by Crippen LogP contribution is -2.51. The minimum absolute atomic E-state index is 0.0664. The van der Waals surface area contributed by atoms with Crippen LogP contribution in [0.1, 0.15) is 13.3 Å². The van der Waals surface area contributed by atoms with Crippen LogP contribution in [0.2, 0.25) is 0 Å². The van der Waals surface area contributed by atoms with Crippen molar-refractivity contribution in [3.8, 4) is 5.75 Å². The Morgan fingerprint density at radius 2 is 1.84 bits per heavy atom. The summed E-state index contributed by atoms with van der Waals surface area (Å²) in [6.07, 6.45) is 0.944. The van der Waals surface area contributed by atoms with Crippen LogP contribution in [0.15, 0.2) is 29.2 Å². The summed E-state index contributed by atoms with van der Waals surface area (Å²) in [6.45, 7) is 6.04. The van der Waals surface area contributed by atoms with Crippen LogP contribution in [0.5, 0.6) is 5.75 Å². The van der Waals surface area contributed by atoms with Crippen molar-refractivity contribution in [3.63, 3.8) is 0 Å². The Morgan fingerprint density at radius 1 is 1.16 bits per heavy atom. The number of benzene rings is 1. The molecule has 7 heteroatoms. The number of carbonyl (C=O) groups excluding carboxylic acids is 2. The molecule has 0 aliphatic carbocycles. The second-order valence-electron chi connectivity index (χ2n) is 5.97. The van der Waals surface area contributed by atoms with Crippen LogP contribution >= 0.6 is 11.8 Å². The first-order valence-electron chi connectivity index (χ1n) is 8.66. The monoisotopic (exact) mass is 365 g/mol. The largest absolute Gasteiger partial charge is 0.497 e. The maximum Gasteiger partial charge on any atom is 0.234 e. The van der Waals surface area contributed by atoms with E-state index in [0.717, 1.165) is 36.7 Å². The van der Waals surface area contributed by atoms with E-state index in [4.69, 9.17) is 4.74 Å². The molecule has 0 atom stereocenters. The zero-order chi connectivity index (χ0) is 18.1. The minimum atomic E-state index is 0.0664. The molecule has 1 aromatic rings. The molecule has 0 saturated carbocycles. The number of hydrogen-bond acceptors (Lipinski definition) is 5. The van der Waals surface area contributed by atoms with Gasteiger partial charge in [0.15, 0.2) is 0 Å². The topological polar surface area (TPSA) is 61.9 Å². The molecule has 2 amide bonds. The number of hydrogen-bond donors (Lipinski definition) is 1. The van der Waals surface area contributed by atoms with Crippen molar-refractivity contribution >= 4 is 23.6 Å². The van der Waals surface area contributed by atoms with Crippen LogP contribution < -0.4 is 10.1 Å². The average molecular weight is 365 g/mol. The Labute approximate surface area is 153 Å². The highest BCUT2D eigenvalue weighted by atomic mass is 32.2. The smallest absolute Gasteiger partial charge is 0.234 e. The summed E-state index contributed by atoms with van der Waals surface area (Å²) in [4.78, 5) is 29.1. The Bertz CT molecular complexity index is 557. The van der Waals surface area contributed by atoms with Gasteiger partial charge in [-0.3, -0.25) is 14.5 Å². The molecule has 0 bridgehead atoms. The quantitative estimate of drug-likeness (QED) is 0.707. The molecule has 1 N–H and O–H groups in total. The maximum atomic E-state index is 12.3. The Balaban J connectivity index is 1.69. The SMILES string of the molecule is CCCNC(=O)CN1CCN(C(=O)CSc2ccc(OC)cc2)CC1. The highest BCUT2D eigenvalue weighted by Crippen LogP contribution is 2.21. The number of methoxy groups -OCH3 is 1. The summed E-state index contributed by atoms with van der Waals surface area (Å²) in [5, 5.41) is 2.89. The molecule has 138 valence electrons. The molecule has 0 radical (unpaired) electrons. The molecule has 1 aliphatic rings. The summed E-state index contributed by atoms with van der Waals surface area (Å²) >= 11 is 1.54. The van der Waals surface area contributed by atoms with Gasteiger partial charge in [0, 0.05) is 37.6 Å². The number of thioether (sulfide) groups is 1. The van der Waals surface area contributed by atoms with Crippen molar-refractivity contribution in [2.45, 2.75) is 18.2 Å². The molecule has 1 heterocycles. The van der Waals surface area contributed by atoms with Crippen molar-refractivity contribution in [2.75, 3.05) is 52.1 Å². The number of ether oxygens (including phenoxy) is 1. The predicted octanol–water partition coefficient (Wildman–Crippen LogP) is 1.46. The molecule has 1 fully saturated rings. The zero-order valence-electron chi connectivity index (χ0n) is 15.0. The second kappa shape index (κ2) is 10.3. The van der Waals surface area contributed by atoms with Crippen molar-refractivity contribution < 1.29 is 14.3 Å². The third kappa shape index (κ3) is 6.59. The van der Waals surface area contributed by atoms with Gasteiger partial charge in [-0.25, -0.2) is 0 Å². The predicted molar refractivity (Wildman–Crippen MR) is 100 cm³/mol. The highest BCUT2D eigenvalue weighted by Gasteiger charge is 2.22. The van der Waals surface area contributed by atoms with Crippen molar-refractivity contribution in [2.24, 2.45) is 0 Å². The number of nitrogens with zero attached hydrogens (tertiary/aromatic N) is 2. The third-order valence-electron chi connectivity index (χ3n) is 4.09. The molecule has 25 heavy (non-hydrogen) atoms. The molecule has 6 nitrogen and oxygen atoms in total. The lowest BCUT2D eigenvalue weighted by atomic mass is 10.3. The Kier molecular flexibility index (Phi) is 8.08. The Hall–Kier alpha value is -1.73. The van der Waals surface area contributed by atoms with Crippen molar-refractivity contribution in [1.82, 2.24) is 15.1 Å². The van der Waals surface area contributed by atoms with E-state index in [0.29, 0.717) is 25.4 Å². The molecule has 1 saturated heterocycles. The molecule has 0 spiro atoms. The van der Waals surface area contributed by atoms with Gasteiger partial charge in [-0.15, -0.1) is 11.8 Å². The van der Waals surface area contributed by atoms with Crippen LogP contribution in [-0.2, 0) is 9.59 Å². The number of carbonyl (C=O) groups is 2. The lowest BCUT2D eigenvalue weighted by Gasteiger charge is -2.34. The maximum absolute atomic E-state index is 12.3. The van der Waals surface area contributed by atoms with E-state index < -0.39 is 0 Å². The van der Waals surface area contributed by atoms with E-state index in [9.17, 15) is 9.59 Å². The van der Waals surface area contributed by atoms with E-state index in [1.807, 2.05) is 36.1 Å². The zero-order valence-corrected chi connectivity index (χ0v) is 15.8. The van der Waals surface area contributed by atoms with Crippen LogP contribution in [0.4, 0.5) is 0 Å². The van der Waals surface area contributed by atoms with Gasteiger partial charge in [0.1, 0.15) is 5.75 Å². The standard InChI is InChI=1S/C18H27N3O3S/c1-3-8-19-17(22)13-20-9-11-21(12-10-20)18(23)14-25-16-6-4-15(24-2)5-7-16/h4-7H,3,8-14H2,1-2H3,(H,19,22). The van der Waals surface area contributed by atoms with Crippen molar-refractivity contribution in [1.29, 1.82) is 0 Å². The van der Waals surface area contributed by atoms with Crippen LogP contribution in [-0.4, -0.2) is 73.7 Å². The fourth-order valence-electron chi connectivity index (χ4n) is 2.59. The lowest BCUT2D eigenvalue weighted by molar-refractivity contribution is -0.130. The fourth-order valence-corrected chi connectivity index (χ4v) is 3.39. The number of piperazine rings is 1. The summed E-state index contributed by atoms with van der Waals surface area (Å²) in [5.74, 6) is 1.46. The van der Waals surface area contributed by atoms with E-state index in [-0.39, 0.29) is 11.8 Å². The first kappa shape index (κ1) is 19.6. The van der Waals surface area contributed by atoms with E-state index in [1.165, 1.54) is 11.8 Å². The molecule has 0 unspecified atom stereocenters. The molecule has 1 aliphatic heterocycles. The molecule has 1 aromatic carbocycles. The average Bonchev–Trinajstić information content (AvgIpc) is 2.65. The summed E-state index contributed by atoms with van der Waals surface area (Å²) in [7, 11) is 1.64. The van der Waals surface area contributed by atoms with Gasteiger partial charge >= 0.3 is 0 Å². The van der Waals surface area contributed by atoms with Crippen molar-refractivity contribution in [3.05, 3.63) is 24.3 Å². The summed E-state index contributed by atoms with van der Waals surface area (Å²) in [5.41, 5.74) is 0. The van der Waals surface area contributed by atoms with E-state index >= 15 is 0 Å². The molecule has 0 aromatic heterocycles. The minimum Gasteiger partial charge on any atom is -0.497 e. The van der Waals surface area contributed by atoms with Gasteiger partial charge in [0.2, 0.25) is 11.8 Å². The number of amides is 2. The van der Waals surface area contributed by atoms with Gasteiger partial charge in [-0.2, -0.15) is 0 Å². The number of rotatable bonds is 8. The first-order chi connectivity index (χ1) is 12.1. The first-order valence-corrected chi connectivity index (χ1v) is 9.64. The van der Waals surface area contributed by atoms with Gasteiger partial charge in [-0.1, -0.05) is 6.92 Å². The Morgan fingerprint density at radius 3 is 2.44 bits per heavy atom. The van der Waals surface area contributed by atoms with E-state index in [2.05, 4.69) is 10.2 Å². The van der Waals surface area contributed by atoms with E-state index in [1.54, 1.807) is 7.11 Å². The third-order valence-corrected chi connectivity index (χ3v) is 5.08. The van der Waals surface area contributed by atoms with Gasteiger partial charge in [0.25, 0.3) is 0 Å². The van der Waals surface area contributed by atoms with Crippen LogP contribution in [0.3, 0.4) is 0 Å². The summed E-state index contributed by atoms with van der Waals surface area (Å²) < 4.78 is 5.13. The van der Waals surface area contributed by atoms with Crippen LogP contribution in [0.25, 0.3) is 0 Å². The summed E-state index contributed by atoms with van der Waals surface area (Å²) in [6, 6.07) is 7.72. The highest BCUT2D eigenvalue weighted by molar-refractivity contribution is 8.00. The van der Waals surface area contributed by atoms with Gasteiger partial charge in [0.05, 0.1) is 19.4 Å². The fraction of sp³-hybridized carbons (Fsp3) is 0.556. The van der Waals surface area contributed by atoms with Gasteiger partial charge < -0.3 is 15.0 Å². The molecule has 2 rings (SSSR count). The second-order valence-corrected chi connectivity index (χ2v) is 7.02. The number of nitrogens with one attached hydrogen (secondary N) is 1. The molecular formula is C18H27N3O3S. The normalized spacial score (nSPS) is 15.0.